The van der Waals surface area contributed by atoms with Crippen LogP contribution in [0.4, 0.5) is 0 Å². The monoisotopic (exact) mass is 474 g/mol. The minimum atomic E-state index is -1.93. The highest BCUT2D eigenvalue weighted by Crippen LogP contribution is 2.76. The molecule has 35 heavy (non-hydrogen) atoms. The van der Waals surface area contributed by atoms with Crippen molar-refractivity contribution >= 4 is 29.4 Å². The highest BCUT2D eigenvalue weighted by molar-refractivity contribution is 6.42. The number of benzene rings is 1. The first-order valence-corrected chi connectivity index (χ1v) is 12.7. The molecule has 4 bridgehead atoms. The van der Waals surface area contributed by atoms with Gasteiger partial charge in [0.1, 0.15) is 6.29 Å². The summed E-state index contributed by atoms with van der Waals surface area (Å²) in [4.78, 5) is 70.3. The van der Waals surface area contributed by atoms with E-state index in [0.29, 0.717) is 36.7 Å². The molecule has 0 aliphatic heterocycles. The predicted octanol–water partition coefficient (Wildman–Crippen LogP) is 4.97. The number of aldehydes is 1. The molecule has 5 heteroatoms. The van der Waals surface area contributed by atoms with Crippen LogP contribution in [0.3, 0.4) is 0 Å². The van der Waals surface area contributed by atoms with E-state index in [1.807, 2.05) is 27.7 Å². The van der Waals surface area contributed by atoms with E-state index in [0.717, 1.165) is 6.42 Å². The van der Waals surface area contributed by atoms with Crippen LogP contribution >= 0.6 is 0 Å². The third-order valence-electron chi connectivity index (χ3n) is 10.6. The Balaban J connectivity index is 1.89. The van der Waals surface area contributed by atoms with Gasteiger partial charge in [-0.3, -0.25) is 24.0 Å². The second-order valence-corrected chi connectivity index (χ2v) is 12.6. The Morgan fingerprint density at radius 2 is 1.63 bits per heavy atom. The van der Waals surface area contributed by atoms with Gasteiger partial charge < -0.3 is 0 Å². The van der Waals surface area contributed by atoms with Gasteiger partial charge in [0.15, 0.2) is 28.5 Å². The van der Waals surface area contributed by atoms with E-state index in [1.54, 1.807) is 43.3 Å². The molecule has 0 N–H and O–H groups in total. The van der Waals surface area contributed by atoms with Crippen molar-refractivity contribution in [3.8, 4) is 0 Å². The van der Waals surface area contributed by atoms with Crippen molar-refractivity contribution in [1.82, 2.24) is 0 Å². The van der Waals surface area contributed by atoms with E-state index < -0.39 is 44.4 Å². The Morgan fingerprint density at radius 1 is 0.971 bits per heavy atom. The molecule has 0 amide bonds. The van der Waals surface area contributed by atoms with Gasteiger partial charge in [-0.25, -0.2) is 0 Å². The van der Waals surface area contributed by atoms with Crippen LogP contribution in [0.5, 0.6) is 0 Å². The van der Waals surface area contributed by atoms with Crippen molar-refractivity contribution in [1.29, 1.82) is 0 Å². The zero-order chi connectivity index (χ0) is 25.6. The van der Waals surface area contributed by atoms with Gasteiger partial charge in [0.05, 0.1) is 10.8 Å². The SMILES string of the molecule is CC(C=O)=CC[C@@]12C[C@@H]3C[C@@H]4CCC(C)(C)[C@@]4(C1=O)C(=O)[C@](C(=O)c1ccccc1)(C2=O)C3(C)C. The van der Waals surface area contributed by atoms with Crippen LogP contribution in [0, 0.1) is 38.9 Å². The minimum Gasteiger partial charge on any atom is -0.298 e. The standard InChI is InChI=1S/C30H34O5/c1-18(17-31)11-14-28-16-21-15-20-12-13-26(2,3)29(20,23(28)33)25(35)30(24(28)34,27(21,4)5)22(32)19-9-7-6-8-10-19/h6-11,17,20-21H,12-16H2,1-5H3/t20-,21-,28+,29-,30-/m0/s1. The number of allylic oxidation sites excluding steroid dienone is 2. The quantitative estimate of drug-likeness (QED) is 0.260. The first kappa shape index (κ1) is 24.0. The maximum atomic E-state index is 15.0. The summed E-state index contributed by atoms with van der Waals surface area (Å²) in [5, 5.41) is 0. The highest BCUT2D eigenvalue weighted by atomic mass is 16.2. The van der Waals surface area contributed by atoms with Crippen LogP contribution in [0.15, 0.2) is 42.0 Å². The number of ketones is 4. The second kappa shape index (κ2) is 7.18. The third kappa shape index (κ3) is 2.47. The molecule has 1 aromatic carbocycles. The van der Waals surface area contributed by atoms with Crippen molar-refractivity contribution in [2.24, 2.45) is 38.9 Å². The second-order valence-electron chi connectivity index (χ2n) is 12.6. The van der Waals surface area contributed by atoms with Crippen molar-refractivity contribution in [2.45, 2.75) is 66.7 Å². The van der Waals surface area contributed by atoms with Gasteiger partial charge >= 0.3 is 0 Å². The number of Topliss-reactive ketones (excluding diaryl/α,β-unsaturated/α-hetero) is 4. The van der Waals surface area contributed by atoms with Gasteiger partial charge in [-0.15, -0.1) is 0 Å². The Kier molecular flexibility index (Phi) is 4.93. The van der Waals surface area contributed by atoms with E-state index in [2.05, 4.69) is 0 Å². The summed E-state index contributed by atoms with van der Waals surface area (Å²) >= 11 is 0. The van der Waals surface area contributed by atoms with Crippen LogP contribution in [-0.2, 0) is 19.2 Å². The molecule has 0 aromatic heterocycles. The molecule has 5 fully saturated rings. The van der Waals surface area contributed by atoms with Gasteiger partial charge in [-0.2, -0.15) is 0 Å². The van der Waals surface area contributed by atoms with Crippen LogP contribution in [0.2, 0.25) is 0 Å². The van der Waals surface area contributed by atoms with Gasteiger partial charge in [0.2, 0.25) is 0 Å². The fourth-order valence-corrected chi connectivity index (χ4v) is 8.55. The van der Waals surface area contributed by atoms with E-state index in [9.17, 15) is 24.0 Å². The summed E-state index contributed by atoms with van der Waals surface area (Å²) in [6.07, 6.45) is 4.84. The lowest BCUT2D eigenvalue weighted by Crippen LogP contribution is -2.77. The molecule has 5 saturated carbocycles. The van der Waals surface area contributed by atoms with E-state index in [-0.39, 0.29) is 24.0 Å². The topological polar surface area (TPSA) is 85.3 Å². The molecule has 5 atom stereocenters. The first-order chi connectivity index (χ1) is 16.4. The molecule has 1 aromatic rings. The van der Waals surface area contributed by atoms with Crippen molar-refractivity contribution in [3.63, 3.8) is 0 Å². The Labute approximate surface area is 206 Å². The smallest absolute Gasteiger partial charge is 0.184 e. The minimum absolute atomic E-state index is 0.0590. The zero-order valence-electron chi connectivity index (χ0n) is 21.3. The fourth-order valence-electron chi connectivity index (χ4n) is 8.55. The lowest BCUT2D eigenvalue weighted by atomic mass is 9.35. The summed E-state index contributed by atoms with van der Waals surface area (Å²) in [6, 6.07) is 8.59. The summed E-state index contributed by atoms with van der Waals surface area (Å²) in [7, 11) is 0. The lowest BCUT2D eigenvalue weighted by Gasteiger charge is -2.62. The number of rotatable bonds is 5. The summed E-state index contributed by atoms with van der Waals surface area (Å²) in [6.45, 7) is 9.36. The number of carbonyl (C=O) groups is 5. The third-order valence-corrected chi connectivity index (χ3v) is 10.6. The van der Waals surface area contributed by atoms with Gasteiger partial charge in [-0.05, 0) is 67.3 Å². The van der Waals surface area contributed by atoms with Gasteiger partial charge in [0, 0.05) is 5.56 Å². The summed E-state index contributed by atoms with van der Waals surface area (Å²) in [5.41, 5.74) is -5.61. The Morgan fingerprint density at radius 3 is 2.26 bits per heavy atom. The lowest BCUT2D eigenvalue weighted by molar-refractivity contribution is -0.186. The average Bonchev–Trinajstić information content (AvgIpc) is 3.00. The molecular weight excluding hydrogens is 440 g/mol. The van der Waals surface area contributed by atoms with E-state index in [1.165, 1.54) is 0 Å². The maximum absolute atomic E-state index is 15.0. The van der Waals surface area contributed by atoms with E-state index in [4.69, 9.17) is 0 Å². The van der Waals surface area contributed by atoms with E-state index >= 15 is 0 Å². The van der Waals surface area contributed by atoms with Gasteiger partial charge in [-0.1, -0.05) is 64.1 Å². The van der Waals surface area contributed by atoms with Crippen LogP contribution in [-0.4, -0.2) is 29.4 Å². The van der Waals surface area contributed by atoms with Crippen molar-refractivity contribution in [2.75, 3.05) is 0 Å². The summed E-state index contributed by atoms with van der Waals surface area (Å²) in [5.74, 6) is -2.10. The normalized spacial score (nSPS) is 38.9. The zero-order valence-corrected chi connectivity index (χ0v) is 21.3. The molecule has 0 heterocycles. The van der Waals surface area contributed by atoms with Gasteiger partial charge in [0.25, 0.3) is 0 Å². The van der Waals surface area contributed by atoms with Crippen molar-refractivity contribution < 1.29 is 24.0 Å². The number of hydrogen-bond acceptors (Lipinski definition) is 5. The largest absolute Gasteiger partial charge is 0.298 e. The Bertz CT molecular complexity index is 1200. The average molecular weight is 475 g/mol. The number of carbonyl (C=O) groups excluding carboxylic acids is 5. The molecule has 0 radical (unpaired) electrons. The van der Waals surface area contributed by atoms with Crippen LogP contribution in [0.1, 0.15) is 77.1 Å². The number of hydrogen-bond donors (Lipinski definition) is 0. The molecule has 0 saturated heterocycles. The molecule has 5 aliphatic rings. The highest BCUT2D eigenvalue weighted by Gasteiger charge is 2.86. The molecular formula is C30H34O5. The molecule has 0 unspecified atom stereocenters. The molecule has 5 nitrogen and oxygen atoms in total. The van der Waals surface area contributed by atoms with Crippen LogP contribution in [0.25, 0.3) is 0 Å². The molecule has 184 valence electrons. The maximum Gasteiger partial charge on any atom is 0.184 e. The summed E-state index contributed by atoms with van der Waals surface area (Å²) < 4.78 is 0. The first-order valence-electron chi connectivity index (χ1n) is 12.7. The predicted molar refractivity (Wildman–Crippen MR) is 131 cm³/mol. The van der Waals surface area contributed by atoms with Crippen molar-refractivity contribution in [3.05, 3.63) is 47.5 Å². The Hall–Kier alpha value is -2.69. The fraction of sp³-hybridized carbons (Fsp3) is 0.567. The molecule has 6 rings (SSSR count). The molecule has 5 aliphatic carbocycles. The molecule has 1 spiro atoms. The van der Waals surface area contributed by atoms with Crippen LogP contribution < -0.4 is 0 Å².